The summed E-state index contributed by atoms with van der Waals surface area (Å²) in [4.78, 5) is 2.67. The molecule has 0 aromatic heterocycles. The lowest BCUT2D eigenvalue weighted by Gasteiger charge is -2.29. The molecule has 0 aliphatic carbocycles. The first-order valence-corrected chi connectivity index (χ1v) is 6.88. The van der Waals surface area contributed by atoms with Crippen LogP contribution >= 0.6 is 0 Å². The van der Waals surface area contributed by atoms with Crippen molar-refractivity contribution >= 4 is 0 Å². The van der Waals surface area contributed by atoms with E-state index in [9.17, 15) is 0 Å². The van der Waals surface area contributed by atoms with Crippen molar-refractivity contribution in [2.24, 2.45) is 0 Å². The molecule has 3 aliphatic rings. The lowest BCUT2D eigenvalue weighted by molar-refractivity contribution is 0.0763. The third-order valence-corrected chi connectivity index (χ3v) is 4.33. The number of nitrogens with zero attached hydrogens (tertiary/aromatic N) is 1. The molecule has 3 aliphatic heterocycles. The van der Waals surface area contributed by atoms with Crippen LogP contribution in [0.15, 0.2) is 0 Å². The van der Waals surface area contributed by atoms with Crippen molar-refractivity contribution in [1.82, 2.24) is 10.2 Å². The number of nitrogens with one attached hydrogen (secondary N) is 1. The average Bonchev–Trinajstić information content (AvgIpc) is 2.89. The maximum absolute atomic E-state index is 5.95. The van der Waals surface area contributed by atoms with Crippen molar-refractivity contribution in [1.29, 1.82) is 0 Å². The predicted molar refractivity (Wildman–Crippen MR) is 64.5 cm³/mol. The van der Waals surface area contributed by atoms with Crippen LogP contribution in [0.3, 0.4) is 0 Å². The molecule has 4 unspecified atom stereocenters. The van der Waals surface area contributed by atoms with Gasteiger partial charge in [-0.05, 0) is 25.7 Å². The van der Waals surface area contributed by atoms with Gasteiger partial charge < -0.3 is 10.1 Å². The van der Waals surface area contributed by atoms with Gasteiger partial charge in [0.1, 0.15) is 0 Å². The van der Waals surface area contributed by atoms with E-state index in [0.717, 1.165) is 6.04 Å². The first-order chi connectivity index (χ1) is 7.72. The van der Waals surface area contributed by atoms with E-state index < -0.39 is 0 Å². The van der Waals surface area contributed by atoms with Crippen LogP contribution < -0.4 is 5.32 Å². The van der Waals surface area contributed by atoms with Crippen LogP contribution in [0.4, 0.5) is 0 Å². The second-order valence-corrected chi connectivity index (χ2v) is 5.98. The van der Waals surface area contributed by atoms with Gasteiger partial charge >= 0.3 is 0 Å². The zero-order valence-corrected chi connectivity index (χ0v) is 10.5. The molecule has 16 heavy (non-hydrogen) atoms. The van der Waals surface area contributed by atoms with Crippen molar-refractivity contribution in [2.45, 2.75) is 69.9 Å². The summed E-state index contributed by atoms with van der Waals surface area (Å²) in [5.41, 5.74) is 0. The van der Waals surface area contributed by atoms with Gasteiger partial charge in [-0.15, -0.1) is 0 Å². The van der Waals surface area contributed by atoms with Crippen molar-refractivity contribution < 1.29 is 4.74 Å². The van der Waals surface area contributed by atoms with E-state index >= 15 is 0 Å². The van der Waals surface area contributed by atoms with E-state index in [1.807, 2.05) is 0 Å². The molecule has 3 heteroatoms. The summed E-state index contributed by atoms with van der Waals surface area (Å²) in [6.45, 7) is 6.98. The van der Waals surface area contributed by atoms with E-state index in [1.165, 1.54) is 38.8 Å². The fraction of sp³-hybridized carbons (Fsp3) is 1.00. The molecule has 0 spiro atoms. The van der Waals surface area contributed by atoms with Crippen molar-refractivity contribution in [3.63, 3.8) is 0 Å². The number of likely N-dealkylation sites (tertiary alicyclic amines) is 1. The van der Waals surface area contributed by atoms with E-state index in [2.05, 4.69) is 24.1 Å². The lowest BCUT2D eigenvalue weighted by atomic mass is 9.94. The highest BCUT2D eigenvalue weighted by atomic mass is 16.5. The van der Waals surface area contributed by atoms with Gasteiger partial charge in [0.05, 0.1) is 12.2 Å². The van der Waals surface area contributed by atoms with Crippen molar-refractivity contribution in [3.8, 4) is 0 Å². The molecule has 0 amide bonds. The van der Waals surface area contributed by atoms with Gasteiger partial charge in [-0.3, -0.25) is 4.90 Å². The smallest absolute Gasteiger partial charge is 0.0735 e. The summed E-state index contributed by atoms with van der Waals surface area (Å²) >= 11 is 0. The minimum absolute atomic E-state index is 0.558. The Balaban J connectivity index is 1.54. The summed E-state index contributed by atoms with van der Waals surface area (Å²) in [5.74, 6) is 0. The van der Waals surface area contributed by atoms with Crippen LogP contribution in [0.1, 0.15) is 39.5 Å². The first-order valence-electron chi connectivity index (χ1n) is 6.88. The molecular formula is C13H24N2O. The third kappa shape index (κ3) is 2.01. The summed E-state index contributed by atoms with van der Waals surface area (Å²) in [5, 5.41) is 3.66. The van der Waals surface area contributed by atoms with Gasteiger partial charge in [0.2, 0.25) is 0 Å². The van der Waals surface area contributed by atoms with Crippen LogP contribution in [0.5, 0.6) is 0 Å². The van der Waals surface area contributed by atoms with E-state index in [1.54, 1.807) is 0 Å². The second kappa shape index (κ2) is 4.28. The molecule has 0 radical (unpaired) electrons. The lowest BCUT2D eigenvalue weighted by Crippen LogP contribution is -2.43. The largest absolute Gasteiger partial charge is 0.373 e. The third-order valence-electron chi connectivity index (χ3n) is 4.33. The summed E-state index contributed by atoms with van der Waals surface area (Å²) in [6, 6.07) is 2.05. The Kier molecular flexibility index (Phi) is 2.94. The predicted octanol–water partition coefficient (Wildman–Crippen LogP) is 1.38. The molecule has 0 saturated carbocycles. The van der Waals surface area contributed by atoms with Gasteiger partial charge in [0.25, 0.3) is 0 Å². The molecule has 1 N–H and O–H groups in total. The molecule has 4 atom stereocenters. The highest BCUT2D eigenvalue weighted by Crippen LogP contribution is 2.38. The maximum atomic E-state index is 5.95. The van der Waals surface area contributed by atoms with Crippen molar-refractivity contribution in [2.75, 3.05) is 13.1 Å². The average molecular weight is 224 g/mol. The molecular weight excluding hydrogens is 200 g/mol. The van der Waals surface area contributed by atoms with Crippen LogP contribution in [-0.2, 0) is 4.74 Å². The minimum atomic E-state index is 0.558. The first kappa shape index (κ1) is 11.0. The highest BCUT2D eigenvalue weighted by molar-refractivity contribution is 4.98. The number of hydrogen-bond acceptors (Lipinski definition) is 3. The van der Waals surface area contributed by atoms with Gasteiger partial charge in [-0.1, -0.05) is 13.8 Å². The fourth-order valence-corrected chi connectivity index (χ4v) is 3.69. The summed E-state index contributed by atoms with van der Waals surface area (Å²) in [7, 11) is 0. The Labute approximate surface area is 98.5 Å². The van der Waals surface area contributed by atoms with Crippen LogP contribution in [0, 0.1) is 0 Å². The Morgan fingerprint density at radius 1 is 1.25 bits per heavy atom. The van der Waals surface area contributed by atoms with Gasteiger partial charge in [0.15, 0.2) is 0 Å². The summed E-state index contributed by atoms with van der Waals surface area (Å²) in [6.07, 6.45) is 6.36. The summed E-state index contributed by atoms with van der Waals surface area (Å²) < 4.78 is 5.95. The number of fused-ring (bicyclic) bond motifs is 2. The molecule has 3 heterocycles. The number of rotatable bonds is 3. The molecule has 0 aromatic carbocycles. The topological polar surface area (TPSA) is 24.5 Å². The molecule has 92 valence electrons. The zero-order valence-electron chi connectivity index (χ0n) is 10.5. The van der Waals surface area contributed by atoms with E-state index in [0.29, 0.717) is 24.3 Å². The monoisotopic (exact) mass is 224 g/mol. The normalized spacial score (nSPS) is 43.7. The van der Waals surface area contributed by atoms with Gasteiger partial charge in [-0.2, -0.15) is 0 Å². The Hall–Kier alpha value is -0.120. The minimum Gasteiger partial charge on any atom is -0.373 e. The van der Waals surface area contributed by atoms with E-state index in [4.69, 9.17) is 4.74 Å². The Morgan fingerprint density at radius 2 is 2.12 bits per heavy atom. The maximum Gasteiger partial charge on any atom is 0.0735 e. The second-order valence-electron chi connectivity index (χ2n) is 5.98. The zero-order chi connectivity index (χ0) is 11.1. The number of ether oxygens (including phenoxy) is 1. The molecule has 3 saturated heterocycles. The van der Waals surface area contributed by atoms with Crippen LogP contribution in [0.25, 0.3) is 0 Å². The van der Waals surface area contributed by atoms with E-state index in [-0.39, 0.29) is 0 Å². The molecule has 3 nitrogen and oxygen atoms in total. The van der Waals surface area contributed by atoms with Gasteiger partial charge in [-0.25, -0.2) is 0 Å². The SMILES string of the molecule is CC(C)NC1CCN(C2CC3CCC2O3)C1. The van der Waals surface area contributed by atoms with Gasteiger partial charge in [0, 0.05) is 31.2 Å². The number of hydrogen-bond donors (Lipinski definition) is 1. The van der Waals surface area contributed by atoms with Crippen LogP contribution in [0.2, 0.25) is 0 Å². The molecule has 0 aromatic rings. The molecule has 3 fully saturated rings. The Bertz CT molecular complexity index is 256. The fourth-order valence-electron chi connectivity index (χ4n) is 3.69. The molecule has 3 rings (SSSR count). The standard InChI is InChI=1S/C13H24N2O/c1-9(2)14-10-5-6-15(8-10)12-7-11-3-4-13(12)16-11/h9-14H,3-8H2,1-2H3. The highest BCUT2D eigenvalue weighted by Gasteiger charge is 2.44. The quantitative estimate of drug-likeness (QED) is 0.784. The van der Waals surface area contributed by atoms with Crippen molar-refractivity contribution in [3.05, 3.63) is 0 Å². The molecule has 2 bridgehead atoms. The Morgan fingerprint density at radius 3 is 2.75 bits per heavy atom. The van der Waals surface area contributed by atoms with Crippen LogP contribution in [-0.4, -0.2) is 48.3 Å².